The van der Waals surface area contributed by atoms with Crippen LogP contribution in [-0.4, -0.2) is 58.7 Å². The number of amides is 2. The van der Waals surface area contributed by atoms with Crippen LogP contribution in [0.3, 0.4) is 0 Å². The highest BCUT2D eigenvalue weighted by molar-refractivity contribution is 7.98. The molecule has 2 aromatic heterocycles. The van der Waals surface area contributed by atoms with E-state index in [1.807, 2.05) is 65.4 Å². The number of hydrogen-bond donors (Lipinski definition) is 1. The minimum absolute atomic E-state index is 0.0574. The van der Waals surface area contributed by atoms with Crippen molar-refractivity contribution >= 4 is 62.5 Å². The molecule has 2 aliphatic heterocycles. The van der Waals surface area contributed by atoms with Gasteiger partial charge in [0.15, 0.2) is 5.84 Å². The Morgan fingerprint density at radius 3 is 2.00 bits per heavy atom. The number of benzene rings is 1. The number of rotatable bonds is 9. The van der Waals surface area contributed by atoms with Crippen LogP contribution in [0.5, 0.6) is 0 Å². The largest absolute Gasteiger partial charge is 0.331 e. The van der Waals surface area contributed by atoms with E-state index in [1.54, 1.807) is 5.01 Å². The highest BCUT2D eigenvalue weighted by atomic mass is 32.2. The summed E-state index contributed by atoms with van der Waals surface area (Å²) in [7, 11) is -4.33. The van der Waals surface area contributed by atoms with Gasteiger partial charge in [0.05, 0.1) is 0 Å². The molecule has 2 aliphatic rings. The predicted molar refractivity (Wildman–Crippen MR) is 147 cm³/mol. The summed E-state index contributed by atoms with van der Waals surface area (Å²) in [6.45, 7) is -0.115. The fraction of sp³-hybridized carbons (Fsp3) is 0.208. The van der Waals surface area contributed by atoms with Gasteiger partial charge in [0.25, 0.3) is 11.8 Å². The van der Waals surface area contributed by atoms with Crippen molar-refractivity contribution in [1.29, 1.82) is 0 Å². The van der Waals surface area contributed by atoms with Gasteiger partial charge in [-0.05, 0) is 22.9 Å². The molecule has 0 saturated carbocycles. The lowest BCUT2D eigenvalue weighted by molar-refractivity contribution is -0.131. The second-order valence-corrected chi connectivity index (χ2v) is 12.6. The molecule has 0 atom stereocenters. The summed E-state index contributed by atoms with van der Waals surface area (Å²) in [6, 6.07) is 17.0. The summed E-state index contributed by atoms with van der Waals surface area (Å²) in [5.41, 5.74) is 3.64. The first-order chi connectivity index (χ1) is 17.9. The van der Waals surface area contributed by atoms with E-state index in [2.05, 4.69) is 9.82 Å². The van der Waals surface area contributed by atoms with E-state index < -0.39 is 22.0 Å². The van der Waals surface area contributed by atoms with Crippen LogP contribution in [0.4, 0.5) is 0 Å². The quantitative estimate of drug-likeness (QED) is 0.238. The van der Waals surface area contributed by atoms with Crippen LogP contribution in [0.1, 0.15) is 15.3 Å². The molecule has 3 aromatic rings. The van der Waals surface area contributed by atoms with Gasteiger partial charge in [-0.2, -0.15) is 12.8 Å². The monoisotopic (exact) mass is 573 g/mol. The second kappa shape index (κ2) is 11.1. The molecule has 1 fully saturated rings. The summed E-state index contributed by atoms with van der Waals surface area (Å²) in [5.74, 6) is -0.577. The van der Waals surface area contributed by atoms with Gasteiger partial charge in [0.2, 0.25) is 0 Å². The molecule has 0 radical (unpaired) electrons. The molecule has 2 amide bonds. The molecule has 1 saturated heterocycles. The molecule has 0 aliphatic carbocycles. The Morgan fingerprint density at radius 1 is 0.865 bits per heavy atom. The number of thiophene rings is 2. The molecular weight excluding hydrogens is 551 g/mol. The maximum atomic E-state index is 13.4. The molecule has 37 heavy (non-hydrogen) atoms. The zero-order chi connectivity index (χ0) is 25.8. The Kier molecular flexibility index (Phi) is 7.65. The number of carbonyl (C=O) groups is 2. The highest BCUT2D eigenvalue weighted by Gasteiger charge is 2.46. The van der Waals surface area contributed by atoms with Crippen LogP contribution in [0, 0.1) is 0 Å². The lowest BCUT2D eigenvalue weighted by Gasteiger charge is -2.35. The Labute approximate surface area is 227 Å². The van der Waals surface area contributed by atoms with E-state index in [-0.39, 0.29) is 18.7 Å². The SMILES string of the molecule is O=C1C(=CNN2CSN=C2c2ccccc2)C(=O)N(CCc2cccs2)S(=O)(=O)N1CCc1cccs1. The van der Waals surface area contributed by atoms with Gasteiger partial charge in [-0.15, -0.1) is 22.7 Å². The van der Waals surface area contributed by atoms with Crippen molar-refractivity contribution in [1.82, 2.24) is 19.0 Å². The second-order valence-electron chi connectivity index (χ2n) is 8.08. The summed E-state index contributed by atoms with van der Waals surface area (Å²) in [5, 5.41) is 5.50. The van der Waals surface area contributed by atoms with Gasteiger partial charge in [0.1, 0.15) is 11.4 Å². The van der Waals surface area contributed by atoms with Crippen molar-refractivity contribution < 1.29 is 18.0 Å². The van der Waals surface area contributed by atoms with Gasteiger partial charge < -0.3 is 5.43 Å². The van der Waals surface area contributed by atoms with E-state index in [1.165, 1.54) is 40.8 Å². The summed E-state index contributed by atoms with van der Waals surface area (Å²) in [6.07, 6.45) is 2.02. The average molecular weight is 574 g/mol. The lowest BCUT2D eigenvalue weighted by atomic mass is 10.2. The average Bonchev–Trinajstić information content (AvgIpc) is 3.67. The summed E-state index contributed by atoms with van der Waals surface area (Å²) >= 11 is 4.30. The first kappa shape index (κ1) is 25.5. The number of nitrogens with one attached hydrogen (secondary N) is 1. The standard InChI is InChI=1S/C24H23N5O4S4/c30-23-21(16-25-27-17-36-26-22(27)18-6-2-1-3-7-18)24(31)29(13-11-20-9-5-15-35-20)37(32,33)28(23)12-10-19-8-4-14-34-19/h1-9,14-16,25H,10-13,17H2. The van der Waals surface area contributed by atoms with Crippen LogP contribution in [0.15, 0.2) is 81.5 Å². The maximum absolute atomic E-state index is 13.4. The van der Waals surface area contributed by atoms with Crippen molar-refractivity contribution in [3.05, 3.63) is 92.4 Å². The van der Waals surface area contributed by atoms with Gasteiger partial charge in [0, 0.05) is 59.4 Å². The fourth-order valence-electron chi connectivity index (χ4n) is 3.87. The van der Waals surface area contributed by atoms with Gasteiger partial charge in [-0.1, -0.05) is 42.5 Å². The molecule has 5 rings (SSSR count). The molecule has 0 unspecified atom stereocenters. The van der Waals surface area contributed by atoms with Crippen LogP contribution in [-0.2, 0) is 32.6 Å². The molecule has 0 spiro atoms. The fourth-order valence-corrected chi connectivity index (χ4v) is 7.46. The van der Waals surface area contributed by atoms with Crippen LogP contribution in [0.25, 0.3) is 0 Å². The third-order valence-electron chi connectivity index (χ3n) is 5.74. The van der Waals surface area contributed by atoms with Gasteiger partial charge in [-0.25, -0.2) is 8.61 Å². The number of carbonyl (C=O) groups excluding carboxylic acids is 2. The molecule has 1 N–H and O–H groups in total. The lowest BCUT2D eigenvalue weighted by Crippen LogP contribution is -2.57. The van der Waals surface area contributed by atoms with Crippen LogP contribution < -0.4 is 5.43 Å². The minimum atomic E-state index is -4.33. The van der Waals surface area contributed by atoms with Gasteiger partial charge in [-0.3, -0.25) is 14.6 Å². The van der Waals surface area contributed by atoms with E-state index in [0.29, 0.717) is 24.6 Å². The van der Waals surface area contributed by atoms with Crippen molar-refractivity contribution in [3.8, 4) is 0 Å². The molecule has 4 heterocycles. The zero-order valence-corrected chi connectivity index (χ0v) is 22.8. The summed E-state index contributed by atoms with van der Waals surface area (Å²) < 4.78 is 32.9. The highest BCUT2D eigenvalue weighted by Crippen LogP contribution is 2.25. The summed E-state index contributed by atoms with van der Waals surface area (Å²) in [4.78, 5) is 28.7. The maximum Gasteiger partial charge on any atom is 0.331 e. The van der Waals surface area contributed by atoms with Crippen LogP contribution in [0.2, 0.25) is 0 Å². The zero-order valence-electron chi connectivity index (χ0n) is 19.5. The molecule has 9 nitrogen and oxygen atoms in total. The first-order valence-electron chi connectivity index (χ1n) is 11.4. The Morgan fingerprint density at radius 2 is 1.46 bits per heavy atom. The molecule has 1 aromatic carbocycles. The Balaban J connectivity index is 1.41. The van der Waals surface area contributed by atoms with E-state index in [4.69, 9.17) is 0 Å². The Bertz CT molecular complexity index is 1350. The van der Waals surface area contributed by atoms with E-state index in [9.17, 15) is 18.0 Å². The van der Waals surface area contributed by atoms with E-state index >= 15 is 0 Å². The van der Waals surface area contributed by atoms with Crippen molar-refractivity contribution in [2.24, 2.45) is 4.40 Å². The molecular formula is C24H23N5O4S4. The number of nitrogens with zero attached hydrogens (tertiary/aromatic N) is 4. The van der Waals surface area contributed by atoms with Crippen molar-refractivity contribution in [2.45, 2.75) is 12.8 Å². The third-order valence-corrected chi connectivity index (χ3v) is 10.1. The molecule has 192 valence electrons. The van der Waals surface area contributed by atoms with Gasteiger partial charge >= 0.3 is 10.2 Å². The van der Waals surface area contributed by atoms with E-state index in [0.717, 1.165) is 23.9 Å². The number of hydrogen-bond acceptors (Lipinski definition) is 10. The normalized spacial score (nSPS) is 17.4. The first-order valence-corrected chi connectivity index (χ1v) is 15.5. The van der Waals surface area contributed by atoms with Crippen molar-refractivity contribution in [2.75, 3.05) is 19.0 Å². The molecule has 0 bridgehead atoms. The topological polar surface area (TPSA) is 102 Å². The number of amidine groups is 1. The predicted octanol–water partition coefficient (Wildman–Crippen LogP) is 3.27. The minimum Gasteiger partial charge on any atom is -0.302 e. The molecule has 13 heteroatoms. The smallest absolute Gasteiger partial charge is 0.302 e. The Hall–Kier alpha value is -3.13. The third kappa shape index (κ3) is 5.44. The number of hydrazine groups is 1. The van der Waals surface area contributed by atoms with Crippen LogP contribution >= 0.6 is 34.6 Å². The van der Waals surface area contributed by atoms with Crippen molar-refractivity contribution in [3.63, 3.8) is 0 Å².